The second-order valence-electron chi connectivity index (χ2n) is 2.33. The van der Waals surface area contributed by atoms with E-state index in [1.807, 2.05) is 0 Å². The fourth-order valence-electron chi connectivity index (χ4n) is 0.771. The highest BCUT2D eigenvalue weighted by Crippen LogP contribution is 2.28. The van der Waals surface area contributed by atoms with E-state index in [2.05, 4.69) is 4.99 Å². The Hall–Kier alpha value is -1.04. The molecule has 76 valence electrons. The Morgan fingerprint density at radius 3 is 2.36 bits per heavy atom. The van der Waals surface area contributed by atoms with E-state index in [0.717, 1.165) is 0 Å². The van der Waals surface area contributed by atoms with Crippen molar-refractivity contribution in [3.63, 3.8) is 0 Å². The summed E-state index contributed by atoms with van der Waals surface area (Å²) in [6, 6.07) is 2.46. The zero-order chi connectivity index (χ0) is 10.7. The average Bonchev–Trinajstić information content (AvgIpc) is 2.14. The van der Waals surface area contributed by atoms with Gasteiger partial charge in [-0.05, 0) is 12.1 Å². The summed E-state index contributed by atoms with van der Waals surface area (Å²) in [6.07, 6.45) is 0. The molecule has 0 radical (unpaired) electrons. The molecular formula is C7H6Cl2FN3O. The van der Waals surface area contributed by atoms with E-state index >= 15 is 0 Å². The van der Waals surface area contributed by atoms with Gasteiger partial charge in [-0.2, -0.15) is 0 Å². The fourth-order valence-corrected chi connectivity index (χ4v) is 1.25. The lowest BCUT2D eigenvalue weighted by atomic mass is 10.3. The summed E-state index contributed by atoms with van der Waals surface area (Å²) in [5.74, 6) is -0.966. The number of halogens is 3. The molecule has 1 aromatic rings. The highest BCUT2D eigenvalue weighted by molar-refractivity contribution is 6.35. The van der Waals surface area contributed by atoms with Crippen LogP contribution in [0.25, 0.3) is 0 Å². The molecular weight excluding hydrogens is 232 g/mol. The molecule has 0 amide bonds. The Morgan fingerprint density at radius 2 is 1.93 bits per heavy atom. The number of hydrogen-bond acceptors (Lipinski definition) is 2. The predicted octanol–water partition coefficient (Wildman–Crippen LogP) is 2.06. The first-order chi connectivity index (χ1) is 6.54. The maximum absolute atomic E-state index is 12.9. The topological polar surface area (TPSA) is 70.6 Å². The van der Waals surface area contributed by atoms with E-state index in [1.54, 1.807) is 5.48 Å². The van der Waals surface area contributed by atoms with Gasteiger partial charge in [0.25, 0.3) is 0 Å². The van der Waals surface area contributed by atoms with E-state index in [-0.39, 0.29) is 21.7 Å². The molecule has 0 fully saturated rings. The summed E-state index contributed by atoms with van der Waals surface area (Å²) in [7, 11) is 0. The van der Waals surface area contributed by atoms with E-state index < -0.39 is 5.82 Å². The van der Waals surface area contributed by atoms with Crippen LogP contribution in [-0.4, -0.2) is 11.2 Å². The molecule has 0 saturated heterocycles. The third-order valence-electron chi connectivity index (χ3n) is 1.33. The molecule has 0 heterocycles. The van der Waals surface area contributed by atoms with Crippen molar-refractivity contribution in [2.24, 2.45) is 10.7 Å². The second-order valence-corrected chi connectivity index (χ2v) is 3.15. The van der Waals surface area contributed by atoms with Crippen molar-refractivity contribution in [2.75, 3.05) is 0 Å². The van der Waals surface area contributed by atoms with Crippen LogP contribution in [0.2, 0.25) is 10.0 Å². The van der Waals surface area contributed by atoms with Crippen molar-refractivity contribution in [2.45, 2.75) is 0 Å². The molecule has 0 aliphatic heterocycles. The van der Waals surface area contributed by atoms with Crippen molar-refractivity contribution in [3.05, 3.63) is 28.0 Å². The number of hydrogen-bond donors (Lipinski definition) is 3. The fraction of sp³-hybridized carbons (Fsp3) is 0. The molecule has 0 atom stereocenters. The Kier molecular flexibility index (Phi) is 3.51. The van der Waals surface area contributed by atoms with Crippen molar-refractivity contribution < 1.29 is 9.60 Å². The molecule has 7 heteroatoms. The minimum Gasteiger partial charge on any atom is -0.368 e. The molecule has 4 nitrogen and oxygen atoms in total. The van der Waals surface area contributed by atoms with Gasteiger partial charge < -0.3 is 5.73 Å². The van der Waals surface area contributed by atoms with Gasteiger partial charge >= 0.3 is 0 Å². The lowest BCUT2D eigenvalue weighted by Crippen LogP contribution is -2.27. The summed E-state index contributed by atoms with van der Waals surface area (Å²) in [4.78, 5) is 3.64. The highest BCUT2D eigenvalue weighted by atomic mass is 35.5. The molecule has 0 saturated carbocycles. The van der Waals surface area contributed by atoms with Crippen LogP contribution >= 0.6 is 23.2 Å². The highest BCUT2D eigenvalue weighted by Gasteiger charge is 2.07. The van der Waals surface area contributed by atoms with Gasteiger partial charge in [-0.1, -0.05) is 23.2 Å². The standard InChI is InChI=1S/C7H6Cl2FN3O/c8-4-1-3(12-7(11)13-14)2-5(9)6(4)10/h1-2,14H,(H3,11,12,13). The molecule has 14 heavy (non-hydrogen) atoms. The van der Waals surface area contributed by atoms with Gasteiger partial charge in [0.15, 0.2) is 5.82 Å². The van der Waals surface area contributed by atoms with Gasteiger partial charge in [0.1, 0.15) is 0 Å². The first kappa shape index (κ1) is 11.0. The molecule has 0 spiro atoms. The molecule has 1 aromatic carbocycles. The van der Waals surface area contributed by atoms with Crippen molar-refractivity contribution in [1.82, 2.24) is 5.48 Å². The van der Waals surface area contributed by atoms with E-state index in [1.165, 1.54) is 12.1 Å². The smallest absolute Gasteiger partial charge is 0.218 e. The van der Waals surface area contributed by atoms with Crippen LogP contribution in [0.15, 0.2) is 17.1 Å². The zero-order valence-electron chi connectivity index (χ0n) is 6.76. The van der Waals surface area contributed by atoms with E-state index in [9.17, 15) is 4.39 Å². The van der Waals surface area contributed by atoms with Gasteiger partial charge in [-0.25, -0.2) is 14.9 Å². The summed E-state index contributed by atoms with van der Waals surface area (Å²) >= 11 is 11.0. The molecule has 4 N–H and O–H groups in total. The number of hydroxylamine groups is 1. The molecule has 1 rings (SSSR count). The normalized spacial score (nSPS) is 11.6. The van der Waals surface area contributed by atoms with Crippen LogP contribution in [0.4, 0.5) is 10.1 Å². The summed E-state index contributed by atoms with van der Waals surface area (Å²) in [5.41, 5.74) is 7.00. The maximum atomic E-state index is 12.9. The number of benzene rings is 1. The molecule has 0 unspecified atom stereocenters. The van der Waals surface area contributed by atoms with Crippen LogP contribution < -0.4 is 11.2 Å². The van der Waals surface area contributed by atoms with Gasteiger partial charge in [0.05, 0.1) is 15.7 Å². The minimum atomic E-state index is -0.720. The summed E-state index contributed by atoms with van der Waals surface area (Å²) in [6.45, 7) is 0. The number of nitrogens with two attached hydrogens (primary N) is 1. The Morgan fingerprint density at radius 1 is 1.43 bits per heavy atom. The lowest BCUT2D eigenvalue weighted by Gasteiger charge is -2.01. The maximum Gasteiger partial charge on any atom is 0.218 e. The monoisotopic (exact) mass is 237 g/mol. The molecule has 0 aliphatic rings. The number of nitrogens with one attached hydrogen (secondary N) is 1. The number of nitrogens with zero attached hydrogens (tertiary/aromatic N) is 1. The Balaban J connectivity index is 3.13. The summed E-state index contributed by atoms with van der Waals surface area (Å²) in [5, 5.41) is 8.01. The van der Waals surface area contributed by atoms with E-state index in [4.69, 9.17) is 34.1 Å². The van der Waals surface area contributed by atoms with E-state index in [0.29, 0.717) is 0 Å². The molecule has 0 bridgehead atoms. The van der Waals surface area contributed by atoms with Crippen LogP contribution in [-0.2, 0) is 0 Å². The largest absolute Gasteiger partial charge is 0.368 e. The minimum absolute atomic E-state index is 0.165. The van der Waals surface area contributed by atoms with Gasteiger partial charge in [-0.3, -0.25) is 5.21 Å². The van der Waals surface area contributed by atoms with Crippen LogP contribution in [0.1, 0.15) is 0 Å². The third kappa shape index (κ3) is 2.47. The number of guanidine groups is 1. The van der Waals surface area contributed by atoms with Crippen LogP contribution in [0.5, 0.6) is 0 Å². The first-order valence-corrected chi connectivity index (χ1v) is 4.19. The Labute approximate surface area is 89.1 Å². The SMILES string of the molecule is NC(=Nc1cc(Cl)c(F)c(Cl)c1)NO. The van der Waals surface area contributed by atoms with Crippen LogP contribution in [0.3, 0.4) is 0 Å². The number of aliphatic imine (C=N–C) groups is 1. The second kappa shape index (κ2) is 4.45. The molecule has 0 aromatic heterocycles. The van der Waals surface area contributed by atoms with Gasteiger partial charge in [-0.15, -0.1) is 0 Å². The third-order valence-corrected chi connectivity index (χ3v) is 1.88. The first-order valence-electron chi connectivity index (χ1n) is 3.43. The zero-order valence-corrected chi connectivity index (χ0v) is 8.27. The Bertz CT molecular complexity index is 360. The lowest BCUT2D eigenvalue weighted by molar-refractivity contribution is 0.233. The quantitative estimate of drug-likeness (QED) is 0.303. The van der Waals surface area contributed by atoms with Gasteiger partial charge in [0, 0.05) is 0 Å². The number of rotatable bonds is 1. The van der Waals surface area contributed by atoms with Gasteiger partial charge in [0.2, 0.25) is 5.96 Å². The van der Waals surface area contributed by atoms with Crippen molar-refractivity contribution >= 4 is 34.8 Å². The van der Waals surface area contributed by atoms with Crippen molar-refractivity contribution in [3.8, 4) is 0 Å². The average molecular weight is 238 g/mol. The predicted molar refractivity (Wildman–Crippen MR) is 52.6 cm³/mol. The van der Waals surface area contributed by atoms with Crippen molar-refractivity contribution in [1.29, 1.82) is 0 Å². The van der Waals surface area contributed by atoms with Crippen LogP contribution in [0, 0.1) is 5.82 Å². The molecule has 0 aliphatic carbocycles. The summed E-state index contributed by atoms with van der Waals surface area (Å²) < 4.78 is 12.9.